The first-order valence-electron chi connectivity index (χ1n) is 5.43. The van der Waals surface area contributed by atoms with Gasteiger partial charge < -0.3 is 5.73 Å². The fraction of sp³-hybridized carbons (Fsp3) is 0.500. The normalized spacial score (nSPS) is 13.7. The van der Waals surface area contributed by atoms with Crippen LogP contribution in [0.4, 0.5) is 13.2 Å². The standard InChI is InChI=1S/C12H15BrF3N/c13-10-4-1-3-9(7-10)8-11(17)5-2-6-12(14,15)16/h1,3-4,7,11H,2,5-6,8,17H2. The molecule has 0 bridgehead atoms. The molecule has 5 heteroatoms. The van der Waals surface area contributed by atoms with E-state index in [-0.39, 0.29) is 12.5 Å². The maximum Gasteiger partial charge on any atom is 0.389 e. The lowest BCUT2D eigenvalue weighted by Gasteiger charge is -2.12. The summed E-state index contributed by atoms with van der Waals surface area (Å²) >= 11 is 3.34. The summed E-state index contributed by atoms with van der Waals surface area (Å²) < 4.78 is 36.8. The molecular weight excluding hydrogens is 295 g/mol. The van der Waals surface area contributed by atoms with Gasteiger partial charge in [0.05, 0.1) is 0 Å². The van der Waals surface area contributed by atoms with Gasteiger partial charge in [-0.3, -0.25) is 0 Å². The summed E-state index contributed by atoms with van der Waals surface area (Å²) in [5.74, 6) is 0. The SMILES string of the molecule is NC(CCCC(F)(F)F)Cc1cccc(Br)c1. The highest BCUT2D eigenvalue weighted by molar-refractivity contribution is 9.10. The maximum absolute atomic E-state index is 11.9. The molecule has 0 radical (unpaired) electrons. The summed E-state index contributed by atoms with van der Waals surface area (Å²) in [6.07, 6.45) is -3.73. The van der Waals surface area contributed by atoms with E-state index in [9.17, 15) is 13.2 Å². The van der Waals surface area contributed by atoms with Gasteiger partial charge in [0.15, 0.2) is 0 Å². The Balaban J connectivity index is 2.32. The van der Waals surface area contributed by atoms with E-state index in [1.54, 1.807) is 0 Å². The van der Waals surface area contributed by atoms with Crippen molar-refractivity contribution in [2.24, 2.45) is 5.73 Å². The van der Waals surface area contributed by atoms with Crippen LogP contribution in [-0.2, 0) is 6.42 Å². The topological polar surface area (TPSA) is 26.0 Å². The number of nitrogens with two attached hydrogens (primary N) is 1. The molecule has 0 aliphatic carbocycles. The molecule has 0 amide bonds. The molecule has 0 aliphatic rings. The van der Waals surface area contributed by atoms with Crippen LogP contribution >= 0.6 is 15.9 Å². The van der Waals surface area contributed by atoms with E-state index in [1.807, 2.05) is 24.3 Å². The van der Waals surface area contributed by atoms with Gasteiger partial charge >= 0.3 is 6.18 Å². The highest BCUT2D eigenvalue weighted by atomic mass is 79.9. The average Bonchev–Trinajstić information content (AvgIpc) is 2.15. The molecule has 17 heavy (non-hydrogen) atoms. The highest BCUT2D eigenvalue weighted by Crippen LogP contribution is 2.23. The molecule has 1 nitrogen and oxygen atoms in total. The van der Waals surface area contributed by atoms with Crippen molar-refractivity contribution in [1.82, 2.24) is 0 Å². The quantitative estimate of drug-likeness (QED) is 0.872. The van der Waals surface area contributed by atoms with Crippen LogP contribution in [0.2, 0.25) is 0 Å². The molecule has 1 rings (SSSR count). The summed E-state index contributed by atoms with van der Waals surface area (Å²) in [7, 11) is 0. The second-order valence-electron chi connectivity index (χ2n) is 4.10. The summed E-state index contributed by atoms with van der Waals surface area (Å²) in [5.41, 5.74) is 6.84. The number of alkyl halides is 3. The lowest BCUT2D eigenvalue weighted by molar-refractivity contribution is -0.135. The van der Waals surface area contributed by atoms with E-state index in [2.05, 4.69) is 15.9 Å². The minimum absolute atomic E-state index is 0.0959. The molecule has 1 aromatic rings. The van der Waals surface area contributed by atoms with Gasteiger partial charge in [0.2, 0.25) is 0 Å². The summed E-state index contributed by atoms with van der Waals surface area (Å²) in [6.45, 7) is 0. The van der Waals surface area contributed by atoms with E-state index in [0.29, 0.717) is 12.8 Å². The third-order valence-electron chi connectivity index (χ3n) is 2.42. The molecule has 1 unspecified atom stereocenters. The second-order valence-corrected chi connectivity index (χ2v) is 5.02. The summed E-state index contributed by atoms with van der Waals surface area (Å²) in [5, 5.41) is 0. The first-order chi connectivity index (χ1) is 7.87. The fourth-order valence-electron chi connectivity index (χ4n) is 1.63. The zero-order valence-electron chi connectivity index (χ0n) is 9.30. The van der Waals surface area contributed by atoms with Crippen molar-refractivity contribution in [3.63, 3.8) is 0 Å². The summed E-state index contributed by atoms with van der Waals surface area (Å²) in [4.78, 5) is 0. The van der Waals surface area contributed by atoms with Crippen molar-refractivity contribution < 1.29 is 13.2 Å². The molecule has 0 aromatic heterocycles. The number of rotatable bonds is 5. The van der Waals surface area contributed by atoms with Crippen LogP contribution < -0.4 is 5.73 Å². The maximum atomic E-state index is 11.9. The van der Waals surface area contributed by atoms with Crippen molar-refractivity contribution >= 4 is 15.9 Å². The van der Waals surface area contributed by atoms with E-state index in [0.717, 1.165) is 10.0 Å². The molecule has 0 fully saturated rings. The van der Waals surface area contributed by atoms with Crippen LogP contribution in [0.3, 0.4) is 0 Å². The Hall–Kier alpha value is -0.550. The number of halogens is 4. The van der Waals surface area contributed by atoms with Gasteiger partial charge in [-0.15, -0.1) is 0 Å². The monoisotopic (exact) mass is 309 g/mol. The van der Waals surface area contributed by atoms with Gasteiger partial charge in [-0.1, -0.05) is 28.1 Å². The first kappa shape index (κ1) is 14.5. The largest absolute Gasteiger partial charge is 0.389 e. The lowest BCUT2D eigenvalue weighted by Crippen LogP contribution is -2.23. The van der Waals surface area contributed by atoms with E-state index >= 15 is 0 Å². The predicted octanol–water partition coefficient (Wildman–Crippen LogP) is 4.05. The van der Waals surface area contributed by atoms with E-state index < -0.39 is 12.6 Å². The third-order valence-corrected chi connectivity index (χ3v) is 2.92. The van der Waals surface area contributed by atoms with Crippen molar-refractivity contribution in [3.8, 4) is 0 Å². The molecular formula is C12H15BrF3N. The number of hydrogen-bond acceptors (Lipinski definition) is 1. The van der Waals surface area contributed by atoms with Crippen LogP contribution in [0.15, 0.2) is 28.7 Å². The zero-order chi connectivity index (χ0) is 12.9. The lowest BCUT2D eigenvalue weighted by atomic mass is 10.0. The molecule has 0 heterocycles. The summed E-state index contributed by atoms with van der Waals surface area (Å²) in [6, 6.07) is 7.44. The Labute approximate surface area is 107 Å². The Kier molecular flexibility index (Phi) is 5.46. The molecule has 0 spiro atoms. The van der Waals surface area contributed by atoms with Gasteiger partial charge in [-0.05, 0) is 37.0 Å². The Bertz CT molecular complexity index is 352. The first-order valence-corrected chi connectivity index (χ1v) is 6.23. The molecule has 2 N–H and O–H groups in total. The smallest absolute Gasteiger partial charge is 0.327 e. The van der Waals surface area contributed by atoms with Gasteiger partial charge in [0.1, 0.15) is 0 Å². The van der Waals surface area contributed by atoms with Gasteiger partial charge in [0.25, 0.3) is 0 Å². The van der Waals surface area contributed by atoms with Crippen LogP contribution in [0.1, 0.15) is 24.8 Å². The number of benzene rings is 1. The van der Waals surface area contributed by atoms with Gasteiger partial charge in [-0.2, -0.15) is 13.2 Å². The van der Waals surface area contributed by atoms with Crippen LogP contribution in [0, 0.1) is 0 Å². The molecule has 0 saturated heterocycles. The average molecular weight is 310 g/mol. The molecule has 1 aromatic carbocycles. The highest BCUT2D eigenvalue weighted by Gasteiger charge is 2.26. The Morgan fingerprint density at radius 3 is 2.59 bits per heavy atom. The van der Waals surface area contributed by atoms with E-state index in [4.69, 9.17) is 5.73 Å². The Morgan fingerprint density at radius 1 is 1.29 bits per heavy atom. The van der Waals surface area contributed by atoms with Crippen molar-refractivity contribution in [1.29, 1.82) is 0 Å². The predicted molar refractivity (Wildman–Crippen MR) is 65.7 cm³/mol. The molecule has 96 valence electrons. The van der Waals surface area contributed by atoms with Crippen LogP contribution in [0.25, 0.3) is 0 Å². The van der Waals surface area contributed by atoms with E-state index in [1.165, 1.54) is 0 Å². The van der Waals surface area contributed by atoms with Crippen molar-refractivity contribution in [3.05, 3.63) is 34.3 Å². The fourth-order valence-corrected chi connectivity index (χ4v) is 2.08. The minimum atomic E-state index is -4.07. The number of hydrogen-bond donors (Lipinski definition) is 1. The third kappa shape index (κ3) is 6.68. The molecule has 0 saturated carbocycles. The van der Waals surface area contributed by atoms with Crippen LogP contribution in [0.5, 0.6) is 0 Å². The zero-order valence-corrected chi connectivity index (χ0v) is 10.9. The molecule has 1 atom stereocenters. The molecule has 0 aliphatic heterocycles. The van der Waals surface area contributed by atoms with Crippen LogP contribution in [-0.4, -0.2) is 12.2 Å². The van der Waals surface area contributed by atoms with Crippen molar-refractivity contribution in [2.45, 2.75) is 37.9 Å². The van der Waals surface area contributed by atoms with Gasteiger partial charge in [-0.25, -0.2) is 0 Å². The second kappa shape index (κ2) is 6.40. The minimum Gasteiger partial charge on any atom is -0.327 e. The van der Waals surface area contributed by atoms with Gasteiger partial charge in [0, 0.05) is 16.9 Å². The Morgan fingerprint density at radius 2 is 2.00 bits per heavy atom. The van der Waals surface area contributed by atoms with Crippen molar-refractivity contribution in [2.75, 3.05) is 0 Å².